The summed E-state index contributed by atoms with van der Waals surface area (Å²) in [5.41, 5.74) is 2.46. The summed E-state index contributed by atoms with van der Waals surface area (Å²) >= 11 is 0. The van der Waals surface area contributed by atoms with E-state index in [0.29, 0.717) is 0 Å². The van der Waals surface area contributed by atoms with E-state index in [4.69, 9.17) is 4.74 Å². The van der Waals surface area contributed by atoms with Gasteiger partial charge in [-0.25, -0.2) is 4.79 Å². The molecule has 98 valence electrons. The molecule has 4 heteroatoms. The number of rotatable bonds is 3. The van der Waals surface area contributed by atoms with Gasteiger partial charge in [-0.2, -0.15) is 0 Å². The Bertz CT molecular complexity index is 453. The predicted octanol–water partition coefficient (Wildman–Crippen LogP) is 1.87. The number of hydrogen-bond acceptors (Lipinski definition) is 4. The van der Waals surface area contributed by atoms with Crippen molar-refractivity contribution in [2.24, 2.45) is 0 Å². The molecule has 1 aromatic carbocycles. The second kappa shape index (κ2) is 5.40. The van der Waals surface area contributed by atoms with Crippen LogP contribution in [0.25, 0.3) is 0 Å². The lowest BCUT2D eigenvalue weighted by Crippen LogP contribution is -2.16. The Morgan fingerprint density at radius 1 is 1.33 bits per heavy atom. The number of aromatic hydroxyl groups is 1. The Labute approximate surface area is 106 Å². The molecule has 1 aromatic rings. The second-order valence-electron chi connectivity index (χ2n) is 4.54. The molecule has 1 aliphatic rings. The van der Waals surface area contributed by atoms with Crippen molar-refractivity contribution in [3.8, 4) is 5.75 Å². The Morgan fingerprint density at radius 2 is 1.94 bits per heavy atom. The summed E-state index contributed by atoms with van der Waals surface area (Å²) in [5, 5.41) is 19.8. The zero-order chi connectivity index (χ0) is 13.1. The van der Waals surface area contributed by atoms with Gasteiger partial charge < -0.3 is 14.9 Å². The van der Waals surface area contributed by atoms with Gasteiger partial charge in [0.2, 0.25) is 0 Å². The molecule has 2 N–H and O–H groups in total. The Balaban J connectivity index is 2.30. The van der Waals surface area contributed by atoms with Crippen LogP contribution in [0.5, 0.6) is 5.75 Å². The van der Waals surface area contributed by atoms with Crippen LogP contribution in [0.4, 0.5) is 0 Å². The summed E-state index contributed by atoms with van der Waals surface area (Å²) in [7, 11) is 0. The predicted molar refractivity (Wildman–Crippen MR) is 66.3 cm³/mol. The molecular weight excluding hydrogens is 232 g/mol. The molecule has 0 fully saturated rings. The summed E-state index contributed by atoms with van der Waals surface area (Å²) in [6, 6.07) is 3.39. The summed E-state index contributed by atoms with van der Waals surface area (Å²) in [4.78, 5) is 11.5. The Morgan fingerprint density at radius 3 is 2.56 bits per heavy atom. The third-order valence-corrected chi connectivity index (χ3v) is 3.30. The van der Waals surface area contributed by atoms with Gasteiger partial charge >= 0.3 is 5.97 Å². The van der Waals surface area contributed by atoms with Crippen molar-refractivity contribution in [1.82, 2.24) is 0 Å². The van der Waals surface area contributed by atoms with Crippen LogP contribution >= 0.6 is 0 Å². The third kappa shape index (κ3) is 2.48. The molecule has 1 unspecified atom stereocenters. The van der Waals surface area contributed by atoms with Crippen molar-refractivity contribution in [3.05, 3.63) is 28.8 Å². The van der Waals surface area contributed by atoms with E-state index in [1.54, 1.807) is 19.1 Å². The van der Waals surface area contributed by atoms with Gasteiger partial charge in [0, 0.05) is 5.56 Å². The van der Waals surface area contributed by atoms with E-state index in [9.17, 15) is 15.0 Å². The van der Waals surface area contributed by atoms with Gasteiger partial charge in [-0.05, 0) is 55.9 Å². The number of esters is 1. The topological polar surface area (TPSA) is 66.8 Å². The van der Waals surface area contributed by atoms with Crippen LogP contribution in [-0.2, 0) is 22.4 Å². The van der Waals surface area contributed by atoms with Gasteiger partial charge in [0.25, 0.3) is 0 Å². The van der Waals surface area contributed by atoms with E-state index in [2.05, 4.69) is 0 Å². The number of hydrogen-bond donors (Lipinski definition) is 2. The van der Waals surface area contributed by atoms with Crippen LogP contribution in [0, 0.1) is 0 Å². The minimum atomic E-state index is -1.41. The molecule has 0 heterocycles. The largest absolute Gasteiger partial charge is 0.508 e. The quantitative estimate of drug-likeness (QED) is 0.804. The third-order valence-electron chi connectivity index (χ3n) is 3.30. The number of aryl methyl sites for hydroxylation is 2. The maximum Gasteiger partial charge on any atom is 0.339 e. The summed E-state index contributed by atoms with van der Waals surface area (Å²) in [6.07, 6.45) is 2.69. The number of carbonyl (C=O) groups is 1. The van der Waals surface area contributed by atoms with Crippen LogP contribution in [0.15, 0.2) is 12.1 Å². The average molecular weight is 250 g/mol. The molecular formula is C14H18O4. The number of phenols is 1. The molecule has 0 radical (unpaired) electrons. The highest BCUT2D eigenvalue weighted by atomic mass is 16.5. The van der Waals surface area contributed by atoms with Gasteiger partial charge in [0.05, 0.1) is 6.61 Å². The Hall–Kier alpha value is -1.55. The van der Waals surface area contributed by atoms with Crippen LogP contribution in [0.1, 0.15) is 42.6 Å². The number of ether oxygens (including phenoxy) is 1. The van der Waals surface area contributed by atoms with Gasteiger partial charge in [0.1, 0.15) is 5.75 Å². The minimum Gasteiger partial charge on any atom is -0.508 e. The highest BCUT2D eigenvalue weighted by molar-refractivity contribution is 5.77. The maximum atomic E-state index is 11.5. The van der Waals surface area contributed by atoms with Gasteiger partial charge in [-0.3, -0.25) is 0 Å². The first kappa shape index (κ1) is 12.9. The first-order valence-corrected chi connectivity index (χ1v) is 6.32. The lowest BCUT2D eigenvalue weighted by atomic mass is 9.89. The number of carbonyl (C=O) groups excluding carboxylic acids is 1. The fourth-order valence-corrected chi connectivity index (χ4v) is 2.36. The molecule has 0 bridgehead atoms. The fraction of sp³-hybridized carbons (Fsp3) is 0.500. The molecule has 4 nitrogen and oxygen atoms in total. The SMILES string of the molecule is CCOC(=O)C(O)c1cc2c(cc1O)CCCC2. The molecule has 0 aliphatic heterocycles. The molecule has 0 spiro atoms. The van der Waals surface area contributed by atoms with E-state index < -0.39 is 12.1 Å². The molecule has 0 amide bonds. The van der Waals surface area contributed by atoms with Gasteiger partial charge in [0.15, 0.2) is 6.10 Å². The van der Waals surface area contributed by atoms with Crippen molar-refractivity contribution < 1.29 is 19.7 Å². The number of fused-ring (bicyclic) bond motifs is 1. The average Bonchev–Trinajstić information content (AvgIpc) is 2.37. The summed E-state index contributed by atoms with van der Waals surface area (Å²) in [5.74, 6) is -0.750. The lowest BCUT2D eigenvalue weighted by molar-refractivity contribution is -0.153. The van der Waals surface area contributed by atoms with E-state index in [-0.39, 0.29) is 17.9 Å². The van der Waals surface area contributed by atoms with Crippen molar-refractivity contribution in [1.29, 1.82) is 0 Å². The van der Waals surface area contributed by atoms with E-state index >= 15 is 0 Å². The van der Waals surface area contributed by atoms with Gasteiger partial charge in [-0.1, -0.05) is 0 Å². The standard InChI is InChI=1S/C14H18O4/c1-2-18-14(17)13(16)11-7-9-5-3-4-6-10(9)8-12(11)15/h7-8,13,15-16H,2-6H2,1H3. The van der Waals surface area contributed by atoms with Crippen molar-refractivity contribution in [2.45, 2.75) is 38.7 Å². The monoisotopic (exact) mass is 250 g/mol. The first-order chi connectivity index (χ1) is 8.63. The highest BCUT2D eigenvalue weighted by Crippen LogP contribution is 2.32. The molecule has 0 saturated carbocycles. The molecule has 2 rings (SSSR count). The van der Waals surface area contributed by atoms with Gasteiger partial charge in [-0.15, -0.1) is 0 Å². The summed E-state index contributed by atoms with van der Waals surface area (Å²) < 4.78 is 4.76. The van der Waals surface area contributed by atoms with Crippen LogP contribution in [0.3, 0.4) is 0 Å². The molecule has 18 heavy (non-hydrogen) atoms. The highest BCUT2D eigenvalue weighted by Gasteiger charge is 2.24. The molecule has 0 aromatic heterocycles. The van der Waals surface area contributed by atoms with Crippen molar-refractivity contribution >= 4 is 5.97 Å². The normalized spacial score (nSPS) is 15.9. The van der Waals surface area contributed by atoms with Crippen LogP contribution < -0.4 is 0 Å². The molecule has 1 aliphatic carbocycles. The lowest BCUT2D eigenvalue weighted by Gasteiger charge is -2.19. The van der Waals surface area contributed by atoms with Crippen molar-refractivity contribution in [2.75, 3.05) is 6.61 Å². The van der Waals surface area contributed by atoms with Crippen LogP contribution in [-0.4, -0.2) is 22.8 Å². The van der Waals surface area contributed by atoms with Crippen molar-refractivity contribution in [3.63, 3.8) is 0 Å². The second-order valence-corrected chi connectivity index (χ2v) is 4.54. The number of aliphatic hydroxyl groups excluding tert-OH is 1. The smallest absolute Gasteiger partial charge is 0.339 e. The van der Waals surface area contributed by atoms with Crippen LogP contribution in [0.2, 0.25) is 0 Å². The number of aliphatic hydroxyl groups is 1. The number of benzene rings is 1. The Kier molecular flexibility index (Phi) is 3.87. The molecule has 0 saturated heterocycles. The summed E-state index contributed by atoms with van der Waals surface area (Å²) in [6.45, 7) is 1.89. The minimum absolute atomic E-state index is 0.0313. The van der Waals surface area contributed by atoms with E-state index in [1.807, 2.05) is 0 Å². The van der Waals surface area contributed by atoms with E-state index in [0.717, 1.165) is 36.8 Å². The number of phenolic OH excluding ortho intramolecular Hbond substituents is 1. The first-order valence-electron chi connectivity index (χ1n) is 6.32. The zero-order valence-electron chi connectivity index (χ0n) is 10.5. The maximum absolute atomic E-state index is 11.5. The zero-order valence-corrected chi connectivity index (χ0v) is 10.5. The fourth-order valence-electron chi connectivity index (χ4n) is 2.36. The van der Waals surface area contributed by atoms with E-state index in [1.165, 1.54) is 0 Å². The molecule has 1 atom stereocenters.